The summed E-state index contributed by atoms with van der Waals surface area (Å²) in [5, 5.41) is 21.0. The maximum Gasteiger partial charge on any atom is 0.133 e. The third-order valence-corrected chi connectivity index (χ3v) is 4.70. The maximum atomic E-state index is 14.3. The van der Waals surface area contributed by atoms with Crippen LogP contribution >= 0.6 is 0 Å². The number of aliphatic imine (C=N–C) groups is 1. The molecule has 1 unspecified atom stereocenters. The first-order valence-corrected chi connectivity index (χ1v) is 8.36. The number of allylic oxidation sites excluding steroid dienone is 2. The fourth-order valence-corrected chi connectivity index (χ4v) is 3.45. The van der Waals surface area contributed by atoms with Crippen LogP contribution in [0.2, 0.25) is 0 Å². The van der Waals surface area contributed by atoms with E-state index in [1.165, 1.54) is 30.6 Å². The van der Waals surface area contributed by atoms with Crippen molar-refractivity contribution in [3.63, 3.8) is 0 Å². The highest BCUT2D eigenvalue weighted by Crippen LogP contribution is 2.42. The van der Waals surface area contributed by atoms with Crippen molar-refractivity contribution in [3.8, 4) is 5.75 Å². The Kier molecular flexibility index (Phi) is 4.12. The lowest BCUT2D eigenvalue weighted by Gasteiger charge is -2.31. The van der Waals surface area contributed by atoms with Gasteiger partial charge in [-0.25, -0.2) is 13.8 Å². The van der Waals surface area contributed by atoms with Gasteiger partial charge in [0.1, 0.15) is 17.4 Å². The quantitative estimate of drug-likeness (QED) is 0.813. The number of hydroxylamine groups is 2. The minimum absolute atomic E-state index is 0.121. The summed E-state index contributed by atoms with van der Waals surface area (Å²) in [6.07, 6.45) is 6.40. The van der Waals surface area contributed by atoms with E-state index in [0.717, 1.165) is 16.7 Å². The smallest absolute Gasteiger partial charge is 0.133 e. The molecule has 27 heavy (non-hydrogen) atoms. The molecule has 136 valence electrons. The Morgan fingerprint density at radius 3 is 2.59 bits per heavy atom. The van der Waals surface area contributed by atoms with Gasteiger partial charge in [0.2, 0.25) is 0 Å². The van der Waals surface area contributed by atoms with E-state index in [1.807, 2.05) is 6.92 Å². The molecule has 4 rings (SSSR count). The molecule has 6 heteroatoms. The molecular formula is C21H16F2N2O2. The number of halogens is 2. The molecule has 2 aliphatic heterocycles. The molecule has 0 saturated carbocycles. The van der Waals surface area contributed by atoms with E-state index in [4.69, 9.17) is 0 Å². The second kappa shape index (κ2) is 6.48. The standard InChI is InChI=1S/C21H16F2N2O2/c1-12-10-14(26)3-5-15(12)21-20-18(7-9-25(21)27)16(6-8-24-20)17-4-2-13(22)11-19(17)23/h2-11,18,26-27H,1H3. The summed E-state index contributed by atoms with van der Waals surface area (Å²) >= 11 is 0. The van der Waals surface area contributed by atoms with Crippen LogP contribution in [-0.2, 0) is 0 Å². The summed E-state index contributed by atoms with van der Waals surface area (Å²) in [5.74, 6) is -1.58. The minimum Gasteiger partial charge on any atom is -0.508 e. The minimum atomic E-state index is -0.655. The van der Waals surface area contributed by atoms with E-state index >= 15 is 0 Å². The molecule has 0 amide bonds. The van der Waals surface area contributed by atoms with Crippen molar-refractivity contribution >= 4 is 17.5 Å². The van der Waals surface area contributed by atoms with Crippen LogP contribution in [0.1, 0.15) is 16.7 Å². The predicted molar refractivity (Wildman–Crippen MR) is 98.8 cm³/mol. The van der Waals surface area contributed by atoms with Gasteiger partial charge in [-0.3, -0.25) is 10.2 Å². The van der Waals surface area contributed by atoms with Gasteiger partial charge in [0, 0.05) is 35.5 Å². The summed E-state index contributed by atoms with van der Waals surface area (Å²) in [6.45, 7) is 1.81. The molecule has 2 aliphatic rings. The van der Waals surface area contributed by atoms with Crippen molar-refractivity contribution in [3.05, 3.63) is 88.8 Å². The van der Waals surface area contributed by atoms with Crippen LogP contribution in [0.5, 0.6) is 5.75 Å². The van der Waals surface area contributed by atoms with Crippen molar-refractivity contribution in [2.45, 2.75) is 6.92 Å². The van der Waals surface area contributed by atoms with Crippen molar-refractivity contribution in [2.24, 2.45) is 10.9 Å². The van der Waals surface area contributed by atoms with E-state index in [2.05, 4.69) is 4.99 Å². The van der Waals surface area contributed by atoms with Crippen molar-refractivity contribution < 1.29 is 19.1 Å². The fraction of sp³-hybridized carbons (Fsp3) is 0.0952. The number of phenolic OH excluding ortho intramolecular Hbond substituents is 1. The molecular weight excluding hydrogens is 350 g/mol. The summed E-state index contributed by atoms with van der Waals surface area (Å²) in [7, 11) is 0. The Morgan fingerprint density at radius 1 is 1.07 bits per heavy atom. The molecule has 0 aliphatic carbocycles. The number of fused-ring (bicyclic) bond motifs is 1. The summed E-state index contributed by atoms with van der Waals surface area (Å²) < 4.78 is 27.6. The number of aryl methyl sites for hydroxylation is 1. The van der Waals surface area contributed by atoms with Gasteiger partial charge in [-0.05, 0) is 54.5 Å². The van der Waals surface area contributed by atoms with Crippen molar-refractivity contribution in [1.82, 2.24) is 5.06 Å². The van der Waals surface area contributed by atoms with E-state index < -0.39 is 17.6 Å². The van der Waals surface area contributed by atoms with Gasteiger partial charge >= 0.3 is 0 Å². The van der Waals surface area contributed by atoms with Crippen LogP contribution < -0.4 is 0 Å². The number of nitrogens with zero attached hydrogens (tertiary/aromatic N) is 2. The first kappa shape index (κ1) is 17.2. The zero-order valence-electron chi connectivity index (χ0n) is 14.4. The lowest BCUT2D eigenvalue weighted by Crippen LogP contribution is -2.23. The number of rotatable bonds is 2. The summed E-state index contributed by atoms with van der Waals surface area (Å²) in [5.41, 5.74) is 3.33. The molecule has 0 radical (unpaired) electrons. The highest BCUT2D eigenvalue weighted by Gasteiger charge is 2.31. The van der Waals surface area contributed by atoms with Gasteiger partial charge < -0.3 is 5.11 Å². The van der Waals surface area contributed by atoms with Crippen LogP contribution in [0.3, 0.4) is 0 Å². The molecule has 1 atom stereocenters. The Morgan fingerprint density at radius 2 is 1.85 bits per heavy atom. The highest BCUT2D eigenvalue weighted by atomic mass is 19.1. The molecule has 2 heterocycles. The SMILES string of the molecule is Cc1cc(O)ccc1C1=C2N=CC=C(c3ccc(F)cc3F)C2C=CN1O. The third-order valence-electron chi connectivity index (χ3n) is 4.70. The number of phenols is 1. The molecule has 0 spiro atoms. The number of hydrogen-bond acceptors (Lipinski definition) is 4. The largest absolute Gasteiger partial charge is 0.508 e. The third kappa shape index (κ3) is 2.94. The van der Waals surface area contributed by atoms with Crippen molar-refractivity contribution in [1.29, 1.82) is 0 Å². The normalized spacial score (nSPS) is 18.6. The molecule has 2 N–H and O–H groups in total. The Balaban J connectivity index is 1.86. The average Bonchev–Trinajstić information content (AvgIpc) is 2.62. The molecule has 0 fully saturated rings. The van der Waals surface area contributed by atoms with Crippen LogP contribution in [0.4, 0.5) is 8.78 Å². The Hall–Kier alpha value is -3.25. The number of benzene rings is 2. The van der Waals surface area contributed by atoms with Crippen LogP contribution in [-0.4, -0.2) is 21.6 Å². The zero-order valence-corrected chi connectivity index (χ0v) is 14.4. The first-order chi connectivity index (χ1) is 13.0. The Labute approximate surface area is 154 Å². The topological polar surface area (TPSA) is 56.1 Å². The maximum absolute atomic E-state index is 14.3. The average molecular weight is 366 g/mol. The van der Waals surface area contributed by atoms with Gasteiger partial charge in [0.15, 0.2) is 0 Å². The van der Waals surface area contributed by atoms with Gasteiger partial charge in [-0.2, -0.15) is 0 Å². The van der Waals surface area contributed by atoms with Gasteiger partial charge in [0.25, 0.3) is 0 Å². The van der Waals surface area contributed by atoms with Gasteiger partial charge in [-0.15, -0.1) is 0 Å². The van der Waals surface area contributed by atoms with Gasteiger partial charge in [-0.1, -0.05) is 6.08 Å². The van der Waals surface area contributed by atoms with E-state index in [1.54, 1.807) is 24.3 Å². The lowest BCUT2D eigenvalue weighted by atomic mass is 9.84. The number of dihydropyridines is 1. The number of aromatic hydroxyl groups is 1. The summed E-state index contributed by atoms with van der Waals surface area (Å²) in [4.78, 5) is 4.41. The van der Waals surface area contributed by atoms with Gasteiger partial charge in [0.05, 0.1) is 11.4 Å². The van der Waals surface area contributed by atoms with Crippen molar-refractivity contribution in [2.75, 3.05) is 0 Å². The first-order valence-electron chi connectivity index (χ1n) is 8.36. The zero-order chi connectivity index (χ0) is 19.1. The molecule has 0 saturated heterocycles. The summed E-state index contributed by atoms with van der Waals surface area (Å²) in [6, 6.07) is 8.27. The lowest BCUT2D eigenvalue weighted by molar-refractivity contribution is 0.0216. The molecule has 0 aromatic heterocycles. The molecule has 2 aromatic rings. The predicted octanol–water partition coefficient (Wildman–Crippen LogP) is 4.65. The second-order valence-corrected chi connectivity index (χ2v) is 6.42. The molecule has 4 nitrogen and oxygen atoms in total. The highest BCUT2D eigenvalue weighted by molar-refractivity contribution is 5.93. The van der Waals surface area contributed by atoms with E-state index in [9.17, 15) is 19.1 Å². The van der Waals surface area contributed by atoms with Crippen LogP contribution in [0, 0.1) is 24.5 Å². The second-order valence-electron chi connectivity index (χ2n) is 6.42. The molecule has 0 bridgehead atoms. The van der Waals surface area contributed by atoms with Crippen LogP contribution in [0.25, 0.3) is 11.3 Å². The number of hydrogen-bond donors (Lipinski definition) is 2. The van der Waals surface area contributed by atoms with E-state index in [0.29, 0.717) is 22.5 Å². The Bertz CT molecular complexity index is 1050. The monoisotopic (exact) mass is 366 g/mol. The fourth-order valence-electron chi connectivity index (χ4n) is 3.45. The van der Waals surface area contributed by atoms with Crippen LogP contribution in [0.15, 0.2) is 65.4 Å². The van der Waals surface area contributed by atoms with E-state index in [-0.39, 0.29) is 11.3 Å². The molecule has 2 aromatic carbocycles.